The smallest absolute Gasteiger partial charge is 0.302 e. The minimum atomic E-state index is -0.582. The largest absolute Gasteiger partial charge is 0.504 e. The lowest BCUT2D eigenvalue weighted by molar-refractivity contribution is -0.147. The Labute approximate surface area is 275 Å². The number of hydrogen-bond donors (Lipinski definition) is 3. The third-order valence-electron chi connectivity index (χ3n) is 9.87. The Balaban J connectivity index is 1.31. The first-order valence-corrected chi connectivity index (χ1v) is 16.5. The molecule has 3 N–H and O–H groups in total. The van der Waals surface area contributed by atoms with Crippen LogP contribution in [0.15, 0.2) is 66.7 Å². The molecule has 8 heteroatoms. The number of H-pyrrole nitrogens is 1. The number of aryl methyl sites for hydroxylation is 1. The average molecular weight is 638 g/mol. The third-order valence-corrected chi connectivity index (χ3v) is 9.87. The maximum Gasteiger partial charge on any atom is 0.302 e. The zero-order valence-corrected chi connectivity index (χ0v) is 27.3. The number of para-hydroxylation sites is 1. The summed E-state index contributed by atoms with van der Waals surface area (Å²) in [6, 6.07) is 19.2. The highest BCUT2D eigenvalue weighted by Crippen LogP contribution is 2.51. The van der Waals surface area contributed by atoms with Crippen LogP contribution in [0.25, 0.3) is 16.5 Å². The Morgan fingerprint density at radius 2 is 1.70 bits per heavy atom. The van der Waals surface area contributed by atoms with Crippen molar-refractivity contribution < 1.29 is 34.0 Å². The van der Waals surface area contributed by atoms with E-state index in [1.54, 1.807) is 31.4 Å². The van der Waals surface area contributed by atoms with Crippen LogP contribution in [0.2, 0.25) is 0 Å². The van der Waals surface area contributed by atoms with Crippen molar-refractivity contribution in [3.05, 3.63) is 89.1 Å². The van der Waals surface area contributed by atoms with E-state index in [9.17, 15) is 19.8 Å². The number of methoxy groups -OCH3 is 2. The van der Waals surface area contributed by atoms with Crippen molar-refractivity contribution in [3.8, 4) is 23.0 Å². The van der Waals surface area contributed by atoms with Crippen LogP contribution >= 0.6 is 0 Å². The number of fused-ring (bicyclic) bond motifs is 3. The number of carbonyl (C=O) groups is 2. The van der Waals surface area contributed by atoms with Crippen LogP contribution in [-0.2, 0) is 20.7 Å². The second kappa shape index (κ2) is 14.0. The van der Waals surface area contributed by atoms with Crippen molar-refractivity contribution in [3.63, 3.8) is 0 Å². The molecule has 0 bridgehead atoms. The molecule has 0 spiro atoms. The molecule has 0 amide bonds. The third kappa shape index (κ3) is 7.02. The number of aromatic hydroxyl groups is 2. The number of hydrogen-bond acceptors (Lipinski definition) is 7. The summed E-state index contributed by atoms with van der Waals surface area (Å²) < 4.78 is 16.5. The highest BCUT2D eigenvalue weighted by Gasteiger charge is 2.38. The van der Waals surface area contributed by atoms with Gasteiger partial charge in [-0.15, -0.1) is 0 Å². The lowest BCUT2D eigenvalue weighted by atomic mass is 9.69. The summed E-state index contributed by atoms with van der Waals surface area (Å²) in [5.74, 6) is 0.869. The first-order valence-electron chi connectivity index (χ1n) is 16.5. The number of allylic oxidation sites excluding steroid dienone is 1. The molecule has 1 fully saturated rings. The molecule has 8 nitrogen and oxygen atoms in total. The number of ketones is 1. The Morgan fingerprint density at radius 1 is 0.936 bits per heavy atom. The molecule has 47 heavy (non-hydrogen) atoms. The molecule has 4 atom stereocenters. The summed E-state index contributed by atoms with van der Waals surface area (Å²) in [4.78, 5) is 29.7. The number of benzene rings is 3. The minimum absolute atomic E-state index is 0.0286. The molecule has 1 aromatic heterocycles. The van der Waals surface area contributed by atoms with Crippen LogP contribution in [0.4, 0.5) is 0 Å². The Morgan fingerprint density at radius 3 is 2.47 bits per heavy atom. The van der Waals surface area contributed by atoms with Gasteiger partial charge < -0.3 is 29.4 Å². The van der Waals surface area contributed by atoms with E-state index >= 15 is 0 Å². The highest BCUT2D eigenvalue weighted by atomic mass is 16.5. The van der Waals surface area contributed by atoms with E-state index in [0.717, 1.165) is 64.5 Å². The maximum atomic E-state index is 14.0. The fourth-order valence-corrected chi connectivity index (χ4v) is 7.66. The van der Waals surface area contributed by atoms with Gasteiger partial charge in [-0.1, -0.05) is 43.2 Å². The van der Waals surface area contributed by atoms with E-state index in [-0.39, 0.29) is 41.5 Å². The lowest BCUT2D eigenvalue weighted by Crippen LogP contribution is -2.27. The number of nitrogens with one attached hydrogen (secondary N) is 1. The molecule has 3 aromatic carbocycles. The van der Waals surface area contributed by atoms with Crippen molar-refractivity contribution in [1.82, 2.24) is 4.98 Å². The van der Waals surface area contributed by atoms with Gasteiger partial charge >= 0.3 is 5.97 Å². The van der Waals surface area contributed by atoms with Gasteiger partial charge in [-0.25, -0.2) is 0 Å². The van der Waals surface area contributed by atoms with Crippen LogP contribution in [0, 0.1) is 11.8 Å². The van der Waals surface area contributed by atoms with Gasteiger partial charge in [0.2, 0.25) is 0 Å². The van der Waals surface area contributed by atoms with Crippen molar-refractivity contribution >= 4 is 28.2 Å². The Bertz CT molecular complexity index is 1770. The van der Waals surface area contributed by atoms with E-state index in [1.165, 1.54) is 14.0 Å². The molecule has 1 saturated carbocycles. The summed E-state index contributed by atoms with van der Waals surface area (Å²) in [5.41, 5.74) is 5.86. The SMILES string of the molecule is COc1cc(CCC(CC(=O)CC2c3cc(OC)c(O)cc3C(c3cc4ccccc4[nH]3)=CC3CCCCC32)OC(C)=O)ccc1O. The summed E-state index contributed by atoms with van der Waals surface area (Å²) in [7, 11) is 3.04. The van der Waals surface area contributed by atoms with E-state index in [0.29, 0.717) is 30.8 Å². The van der Waals surface area contributed by atoms with Gasteiger partial charge in [-0.05, 0) is 96.5 Å². The number of phenolic OH excluding ortho intramolecular Hbond substituents is 2. The monoisotopic (exact) mass is 637 g/mol. The summed E-state index contributed by atoms with van der Waals surface area (Å²) >= 11 is 0. The van der Waals surface area contributed by atoms with Crippen molar-refractivity contribution in [2.75, 3.05) is 14.2 Å². The second-order valence-electron chi connectivity index (χ2n) is 12.9. The van der Waals surface area contributed by atoms with Gasteiger partial charge in [-0.2, -0.15) is 0 Å². The molecule has 4 unspecified atom stereocenters. The zero-order chi connectivity index (χ0) is 33.1. The second-order valence-corrected chi connectivity index (χ2v) is 12.9. The first kappa shape index (κ1) is 32.2. The Hall–Kier alpha value is -4.72. The summed E-state index contributed by atoms with van der Waals surface area (Å²) in [6.07, 6.45) is 7.43. The van der Waals surface area contributed by atoms with Gasteiger partial charge in [0.05, 0.1) is 14.2 Å². The summed E-state index contributed by atoms with van der Waals surface area (Å²) in [6.45, 7) is 1.37. The molecule has 0 aliphatic heterocycles. The van der Waals surface area contributed by atoms with Crippen LogP contribution in [0.3, 0.4) is 0 Å². The molecule has 246 valence electrons. The van der Waals surface area contributed by atoms with Crippen LogP contribution in [-0.4, -0.2) is 47.3 Å². The lowest BCUT2D eigenvalue weighted by Gasteiger charge is -2.35. The first-order chi connectivity index (χ1) is 22.7. The van der Waals surface area contributed by atoms with Crippen LogP contribution in [0.5, 0.6) is 23.0 Å². The van der Waals surface area contributed by atoms with Gasteiger partial charge in [0.1, 0.15) is 11.9 Å². The molecule has 6 rings (SSSR count). The molecule has 4 aromatic rings. The predicted molar refractivity (Wildman–Crippen MR) is 181 cm³/mol. The fourth-order valence-electron chi connectivity index (χ4n) is 7.66. The zero-order valence-electron chi connectivity index (χ0n) is 27.3. The van der Waals surface area contributed by atoms with Gasteiger partial charge in [0.15, 0.2) is 23.0 Å². The number of esters is 1. The number of ether oxygens (including phenoxy) is 3. The van der Waals surface area contributed by atoms with E-state index in [1.807, 2.05) is 18.2 Å². The van der Waals surface area contributed by atoms with Crippen molar-refractivity contribution in [2.24, 2.45) is 11.8 Å². The average Bonchev–Trinajstić information content (AvgIpc) is 3.44. The van der Waals surface area contributed by atoms with Crippen molar-refractivity contribution in [1.29, 1.82) is 0 Å². The Kier molecular flexibility index (Phi) is 9.57. The van der Waals surface area contributed by atoms with Gasteiger partial charge in [-0.3, -0.25) is 9.59 Å². The molecular formula is C39H43NO7. The van der Waals surface area contributed by atoms with E-state index in [2.05, 4.69) is 29.3 Å². The molecule has 2 aliphatic carbocycles. The van der Waals surface area contributed by atoms with E-state index in [4.69, 9.17) is 14.2 Å². The molecular weight excluding hydrogens is 594 g/mol. The number of aromatic amines is 1. The maximum absolute atomic E-state index is 14.0. The number of rotatable bonds is 11. The highest BCUT2D eigenvalue weighted by molar-refractivity contribution is 5.90. The molecule has 1 heterocycles. The van der Waals surface area contributed by atoms with Crippen LogP contribution in [0.1, 0.15) is 80.2 Å². The fraction of sp³-hybridized carbons (Fsp3) is 0.385. The van der Waals surface area contributed by atoms with Crippen molar-refractivity contribution in [2.45, 2.75) is 70.3 Å². The van der Waals surface area contributed by atoms with E-state index < -0.39 is 12.1 Å². The number of Topliss-reactive ketones (excluding diaryl/α,β-unsaturated/α-hetero) is 1. The number of aromatic nitrogens is 1. The molecule has 2 aliphatic rings. The van der Waals surface area contributed by atoms with Crippen LogP contribution < -0.4 is 9.47 Å². The van der Waals surface area contributed by atoms with Gasteiger partial charge in [0.25, 0.3) is 0 Å². The number of phenols is 2. The van der Waals surface area contributed by atoms with Gasteiger partial charge in [0, 0.05) is 41.9 Å². The minimum Gasteiger partial charge on any atom is -0.504 e. The summed E-state index contributed by atoms with van der Waals surface area (Å²) in [5, 5.41) is 22.1. The molecule has 0 radical (unpaired) electrons. The molecule has 0 saturated heterocycles. The number of carbonyl (C=O) groups excluding carboxylic acids is 2. The standard InChI is InChI=1S/C39H43NO7/c1-23(41)47-28(14-12-24-13-15-36(43)38(16-24)45-2)19-27(42)20-30-29-10-6-4-8-25(29)17-33(31-21-37(44)39(46-3)22-32(30)31)35-18-26-9-5-7-11-34(26)40-35/h5,7,9,11,13,15-18,21-22,25,28-30,40,43-44H,4,6,8,10,12,14,19-20H2,1-3H3. The predicted octanol–water partition coefficient (Wildman–Crippen LogP) is 7.85. The normalized spacial score (nSPS) is 19.6. The quantitative estimate of drug-likeness (QED) is 0.143. The topological polar surface area (TPSA) is 118 Å².